The predicted molar refractivity (Wildman–Crippen MR) is 240 cm³/mol. The number of unbranched alkanes of at least 4 members (excludes halogenated alkanes) is 1. The molecule has 2 heterocycles. The Labute approximate surface area is 354 Å². The van der Waals surface area contributed by atoms with E-state index in [1.807, 2.05) is 42.5 Å². The fraction of sp³-hybridized carbons (Fsp3) is 0.412. The van der Waals surface area contributed by atoms with Gasteiger partial charge in [0.2, 0.25) is 0 Å². The van der Waals surface area contributed by atoms with E-state index < -0.39 is 11.5 Å². The highest BCUT2D eigenvalue weighted by Gasteiger charge is 2.38. The van der Waals surface area contributed by atoms with Crippen LogP contribution in [0.15, 0.2) is 95.7 Å². The Kier molecular flexibility index (Phi) is 13.7. The molecule has 1 saturated carbocycles. The number of nitrogens with two attached hydrogens (primary N) is 1. The van der Waals surface area contributed by atoms with Crippen LogP contribution in [0.5, 0.6) is 17.2 Å². The van der Waals surface area contributed by atoms with Crippen molar-refractivity contribution in [1.82, 2.24) is 0 Å². The molecule has 5 N–H and O–H groups in total. The molecule has 1 spiro atoms. The van der Waals surface area contributed by atoms with Crippen molar-refractivity contribution in [2.45, 2.75) is 109 Å². The van der Waals surface area contributed by atoms with Crippen LogP contribution in [0.4, 0.5) is 5.69 Å². The molecule has 3 atom stereocenters. The molecule has 4 aromatic carbocycles. The SMILES string of the molecule is CCc1cc(O)c2c3ccc(cc13)COc1cc(ccc1OC)CCC(=O)C[C@H](C[C@H]1C=C(O)C=C[C@H]1CCCCc1cccc(NC(N)=NC)c1)OC#CC21CCCC1. The van der Waals surface area contributed by atoms with E-state index in [1.165, 1.54) is 5.56 Å². The number of phenols is 1. The first-order valence-electron chi connectivity index (χ1n) is 21.6. The van der Waals surface area contributed by atoms with Crippen molar-refractivity contribution in [2.24, 2.45) is 22.6 Å². The second kappa shape index (κ2) is 19.5. The van der Waals surface area contributed by atoms with Gasteiger partial charge in [0, 0.05) is 31.1 Å². The number of hydrogen-bond acceptors (Lipinski definition) is 7. The number of benzene rings is 4. The van der Waals surface area contributed by atoms with Gasteiger partial charge in [0.25, 0.3) is 0 Å². The van der Waals surface area contributed by atoms with Crippen molar-refractivity contribution in [3.8, 4) is 29.3 Å². The Morgan fingerprint density at radius 3 is 2.63 bits per heavy atom. The van der Waals surface area contributed by atoms with E-state index in [-0.39, 0.29) is 35.5 Å². The summed E-state index contributed by atoms with van der Waals surface area (Å²) in [5, 5.41) is 27.6. The number of aryl methyl sites for hydroxylation is 3. The molecule has 0 unspecified atom stereocenters. The fourth-order valence-corrected chi connectivity index (χ4v) is 9.34. The number of methoxy groups -OCH3 is 1. The van der Waals surface area contributed by atoms with E-state index in [0.29, 0.717) is 43.3 Å². The molecule has 6 bridgehead atoms. The summed E-state index contributed by atoms with van der Waals surface area (Å²) in [7, 11) is 3.29. The largest absolute Gasteiger partial charge is 0.508 e. The number of allylic oxidation sites excluding steroid dienone is 3. The number of aliphatic hydroxyl groups is 1. The van der Waals surface area contributed by atoms with Crippen LogP contribution in [0, 0.1) is 23.9 Å². The van der Waals surface area contributed by atoms with Crippen LogP contribution in [0.2, 0.25) is 0 Å². The number of nitrogens with one attached hydrogen (secondary N) is 1. The monoisotopic (exact) mass is 809 g/mol. The molecule has 0 saturated heterocycles. The van der Waals surface area contributed by atoms with Gasteiger partial charge in [-0.15, -0.1) is 0 Å². The van der Waals surface area contributed by atoms with Crippen LogP contribution in [0.1, 0.15) is 98.9 Å². The number of aliphatic imine (C=N–C) groups is 1. The first-order valence-corrected chi connectivity index (χ1v) is 21.6. The van der Waals surface area contributed by atoms with E-state index in [2.05, 4.69) is 65.7 Å². The van der Waals surface area contributed by atoms with Crippen molar-refractivity contribution in [1.29, 1.82) is 0 Å². The summed E-state index contributed by atoms with van der Waals surface area (Å²) in [5.74, 6) is 5.89. The van der Waals surface area contributed by atoms with Gasteiger partial charge in [-0.1, -0.05) is 62.6 Å². The highest BCUT2D eigenvalue weighted by atomic mass is 16.5. The van der Waals surface area contributed by atoms with E-state index in [1.54, 1.807) is 20.2 Å². The summed E-state index contributed by atoms with van der Waals surface area (Å²) in [6, 6.07) is 22.3. The number of carbonyl (C=O) groups excluding carboxylic acids is 1. The maximum atomic E-state index is 13.8. The highest BCUT2D eigenvalue weighted by molar-refractivity contribution is 5.93. The predicted octanol–water partition coefficient (Wildman–Crippen LogP) is 10.2. The summed E-state index contributed by atoms with van der Waals surface area (Å²) in [4.78, 5) is 17.8. The van der Waals surface area contributed by atoms with Gasteiger partial charge in [-0.25, -0.2) is 0 Å². The zero-order chi connectivity index (χ0) is 42.1. The standard InChI is InChI=1S/C51H59N3O6/c1-4-37-31-46(57)49-44-20-15-36(27-45(37)44)33-60-48-28-35(16-21-47(48)58-3)14-18-42(56)32-43(59-25-24-51(49)22-7-8-23-51)30-39-29-41(55)19-17-38(39)12-6-5-10-34-11-9-13-40(26-34)54-50(52)53-2/h9,11,13,15-17,19-21,26-29,31,38-39,43,55,57H,4-8,10,12,14,18,22-23,30,32-33H2,1-3H3,(H3,52,53,54)/t38-,39-,43+/m1/s1. The Morgan fingerprint density at radius 1 is 1.00 bits per heavy atom. The number of rotatable bonds is 10. The third-order valence-electron chi connectivity index (χ3n) is 12.5. The number of hydrogen-bond donors (Lipinski definition) is 4. The van der Waals surface area contributed by atoms with Crippen molar-refractivity contribution in [2.75, 3.05) is 19.5 Å². The lowest BCUT2D eigenvalue weighted by atomic mass is 9.76. The van der Waals surface area contributed by atoms with Gasteiger partial charge in [-0.05, 0) is 151 Å². The van der Waals surface area contributed by atoms with E-state index in [9.17, 15) is 15.0 Å². The minimum atomic E-state index is -0.601. The van der Waals surface area contributed by atoms with Gasteiger partial charge in [0.1, 0.15) is 36.1 Å². The van der Waals surface area contributed by atoms with E-state index in [0.717, 1.165) is 96.5 Å². The molecule has 0 amide bonds. The number of anilines is 1. The fourth-order valence-electron chi connectivity index (χ4n) is 9.34. The zero-order valence-corrected chi connectivity index (χ0v) is 35.3. The third kappa shape index (κ3) is 10.1. The smallest absolute Gasteiger partial charge is 0.192 e. The molecule has 314 valence electrons. The van der Waals surface area contributed by atoms with Gasteiger partial charge in [-0.3, -0.25) is 9.79 Å². The third-order valence-corrected chi connectivity index (χ3v) is 12.5. The molecule has 2 aliphatic heterocycles. The van der Waals surface area contributed by atoms with Crippen molar-refractivity contribution in [3.05, 3.63) is 119 Å². The quantitative estimate of drug-likeness (QED) is 0.0538. The van der Waals surface area contributed by atoms with Crippen LogP contribution in [-0.4, -0.2) is 42.2 Å². The van der Waals surface area contributed by atoms with Crippen LogP contribution in [-0.2, 0) is 40.8 Å². The minimum Gasteiger partial charge on any atom is -0.508 e. The first-order chi connectivity index (χ1) is 29.2. The Morgan fingerprint density at radius 2 is 1.83 bits per heavy atom. The molecule has 8 rings (SSSR count). The molecular weight excluding hydrogens is 751 g/mol. The van der Waals surface area contributed by atoms with Gasteiger partial charge >= 0.3 is 0 Å². The van der Waals surface area contributed by atoms with Crippen LogP contribution in [0.25, 0.3) is 10.8 Å². The Bertz CT molecular complexity index is 2330. The molecule has 0 radical (unpaired) electrons. The molecule has 1 fully saturated rings. The molecule has 9 heteroatoms. The number of fused-ring (bicyclic) bond motifs is 8. The average molecular weight is 810 g/mol. The summed E-state index contributed by atoms with van der Waals surface area (Å²) in [5.41, 5.74) is 11.3. The topological polar surface area (TPSA) is 136 Å². The number of aromatic hydroxyl groups is 1. The van der Waals surface area contributed by atoms with Crippen LogP contribution < -0.4 is 20.5 Å². The second-order valence-corrected chi connectivity index (χ2v) is 16.6. The molecule has 9 nitrogen and oxygen atoms in total. The maximum Gasteiger partial charge on any atom is 0.192 e. The number of aliphatic hydroxyl groups excluding tert-OH is 1. The zero-order valence-electron chi connectivity index (χ0n) is 35.3. The highest BCUT2D eigenvalue weighted by Crippen LogP contribution is 2.48. The van der Waals surface area contributed by atoms with Crippen LogP contribution in [0.3, 0.4) is 0 Å². The minimum absolute atomic E-state index is 0.0365. The Hall–Kier alpha value is -5.88. The lowest BCUT2D eigenvalue weighted by Gasteiger charge is -2.29. The number of ketones is 1. The van der Waals surface area contributed by atoms with Gasteiger partial charge in [0.15, 0.2) is 17.5 Å². The number of guanidine groups is 1. The van der Waals surface area contributed by atoms with Crippen molar-refractivity contribution < 1.29 is 29.2 Å². The number of nitrogens with zero attached hydrogens (tertiary/aromatic N) is 1. The van der Waals surface area contributed by atoms with E-state index >= 15 is 0 Å². The first kappa shape index (κ1) is 42.3. The van der Waals surface area contributed by atoms with E-state index in [4.69, 9.17) is 19.9 Å². The number of carbonyl (C=O) groups is 1. The molecule has 4 aromatic rings. The summed E-state index contributed by atoms with van der Waals surface area (Å²) < 4.78 is 18.6. The summed E-state index contributed by atoms with van der Waals surface area (Å²) in [6.45, 7) is 2.45. The normalized spacial score (nSPS) is 20.4. The molecule has 4 aliphatic rings. The number of phenolic OH excluding ortho intramolecular Hbond substituents is 1. The number of Topliss-reactive ketones (excluding diaryl/α,β-unsaturated/α-hetero) is 1. The summed E-state index contributed by atoms with van der Waals surface area (Å²) in [6.07, 6.45) is 18.3. The van der Waals surface area contributed by atoms with Gasteiger partial charge in [-0.2, -0.15) is 0 Å². The Balaban J connectivity index is 1.16. The van der Waals surface area contributed by atoms with Gasteiger partial charge in [0.05, 0.1) is 12.5 Å². The molecule has 2 aliphatic carbocycles. The molecule has 60 heavy (non-hydrogen) atoms. The summed E-state index contributed by atoms with van der Waals surface area (Å²) >= 11 is 0. The molecule has 0 aromatic heterocycles. The average Bonchev–Trinajstić information content (AvgIpc) is 3.72. The lowest BCUT2D eigenvalue weighted by Crippen LogP contribution is -2.25. The second-order valence-electron chi connectivity index (χ2n) is 16.6. The number of ether oxygens (including phenoxy) is 3. The van der Waals surface area contributed by atoms with Crippen LogP contribution >= 0.6 is 0 Å². The molecular formula is C51H59N3O6. The van der Waals surface area contributed by atoms with Crippen molar-refractivity contribution in [3.63, 3.8) is 0 Å². The van der Waals surface area contributed by atoms with Crippen molar-refractivity contribution >= 4 is 28.2 Å². The maximum absolute atomic E-state index is 13.8. The lowest BCUT2D eigenvalue weighted by molar-refractivity contribution is -0.121. The van der Waals surface area contributed by atoms with Gasteiger partial charge < -0.3 is 35.5 Å².